The largest absolute Gasteiger partial charge is 0.342 e. The lowest BCUT2D eigenvalue weighted by molar-refractivity contribution is -0.144. The summed E-state index contributed by atoms with van der Waals surface area (Å²) in [4.78, 5) is 18.2. The summed E-state index contributed by atoms with van der Waals surface area (Å²) in [6.07, 6.45) is 3.63. The first-order chi connectivity index (χ1) is 14.0. The SMILES string of the molecule is CNCC1(C(=O)N2CCC(c3ccccc3)(N(C)C)CC2)Cc2ccccc2C1.Cl.Cl. The van der Waals surface area contributed by atoms with Crippen LogP contribution in [-0.4, -0.2) is 56.5 Å². The van der Waals surface area contributed by atoms with Gasteiger partial charge in [-0.1, -0.05) is 54.6 Å². The number of benzene rings is 2. The molecular weight excluding hydrogens is 429 g/mol. The zero-order chi connectivity index (χ0) is 20.5. The van der Waals surface area contributed by atoms with Gasteiger partial charge in [0.2, 0.25) is 5.91 Å². The minimum atomic E-state index is -0.344. The maximum absolute atomic E-state index is 13.8. The summed E-state index contributed by atoms with van der Waals surface area (Å²) < 4.78 is 0. The molecule has 2 aromatic rings. The van der Waals surface area contributed by atoms with E-state index in [4.69, 9.17) is 0 Å². The molecule has 0 unspecified atom stereocenters. The Labute approximate surface area is 199 Å². The van der Waals surface area contributed by atoms with E-state index in [9.17, 15) is 4.79 Å². The average molecular weight is 464 g/mol. The molecular formula is C25H35Cl2N3O. The van der Waals surface area contributed by atoms with Gasteiger partial charge in [-0.2, -0.15) is 0 Å². The Kier molecular flexibility index (Phi) is 8.57. The average Bonchev–Trinajstić information content (AvgIpc) is 3.13. The van der Waals surface area contributed by atoms with Crippen molar-refractivity contribution in [3.05, 3.63) is 71.3 Å². The molecule has 1 fully saturated rings. The van der Waals surface area contributed by atoms with E-state index in [2.05, 4.69) is 83.8 Å². The maximum Gasteiger partial charge on any atom is 0.230 e. The summed E-state index contributed by atoms with van der Waals surface area (Å²) in [5, 5.41) is 3.31. The van der Waals surface area contributed by atoms with Gasteiger partial charge in [0, 0.05) is 25.2 Å². The molecule has 0 bridgehead atoms. The third kappa shape index (κ3) is 4.63. The van der Waals surface area contributed by atoms with Gasteiger partial charge in [-0.25, -0.2) is 0 Å². The minimum absolute atomic E-state index is 0. The predicted molar refractivity (Wildman–Crippen MR) is 132 cm³/mol. The fourth-order valence-corrected chi connectivity index (χ4v) is 5.54. The zero-order valence-corrected chi connectivity index (χ0v) is 20.4. The number of likely N-dealkylation sites (tertiary alicyclic amines) is 1. The van der Waals surface area contributed by atoms with Crippen LogP contribution in [0, 0.1) is 5.41 Å². The molecule has 1 N–H and O–H groups in total. The van der Waals surface area contributed by atoms with Crippen LogP contribution < -0.4 is 5.32 Å². The quantitative estimate of drug-likeness (QED) is 0.729. The van der Waals surface area contributed by atoms with Gasteiger partial charge < -0.3 is 10.2 Å². The molecule has 6 heteroatoms. The van der Waals surface area contributed by atoms with E-state index >= 15 is 0 Å². The third-order valence-electron chi connectivity index (χ3n) is 7.19. The van der Waals surface area contributed by atoms with E-state index in [0.29, 0.717) is 5.91 Å². The topological polar surface area (TPSA) is 35.6 Å². The Bertz CT molecular complexity index is 839. The van der Waals surface area contributed by atoms with Crippen LogP contribution in [0.25, 0.3) is 0 Å². The molecule has 2 aromatic carbocycles. The first-order valence-corrected chi connectivity index (χ1v) is 10.7. The second-order valence-electron chi connectivity index (χ2n) is 9.02. The number of rotatable bonds is 5. The number of carbonyl (C=O) groups excluding carboxylic acids is 1. The Morgan fingerprint density at radius 1 is 0.935 bits per heavy atom. The fraction of sp³-hybridized carbons (Fsp3) is 0.480. The van der Waals surface area contributed by atoms with Gasteiger partial charge >= 0.3 is 0 Å². The highest BCUT2D eigenvalue weighted by atomic mass is 35.5. The number of nitrogens with zero attached hydrogens (tertiary/aromatic N) is 2. The number of carbonyl (C=O) groups is 1. The molecule has 4 rings (SSSR count). The van der Waals surface area contributed by atoms with Gasteiger partial charge in [0.05, 0.1) is 5.41 Å². The smallest absolute Gasteiger partial charge is 0.230 e. The highest BCUT2D eigenvalue weighted by Crippen LogP contribution is 2.41. The maximum atomic E-state index is 13.8. The van der Waals surface area contributed by atoms with Gasteiger partial charge in [0.15, 0.2) is 0 Å². The van der Waals surface area contributed by atoms with Crippen LogP contribution in [0.5, 0.6) is 0 Å². The van der Waals surface area contributed by atoms with Gasteiger partial charge in [0.1, 0.15) is 0 Å². The van der Waals surface area contributed by atoms with Crippen molar-refractivity contribution in [1.29, 1.82) is 0 Å². The lowest BCUT2D eigenvalue weighted by atomic mass is 9.77. The van der Waals surface area contributed by atoms with Crippen molar-refractivity contribution in [3.63, 3.8) is 0 Å². The molecule has 170 valence electrons. The standard InChI is InChI=1S/C25H33N3O.2ClH/c1-26-19-24(17-20-9-7-8-10-21(20)18-24)23(29)28-15-13-25(14-16-28,27(2)3)22-11-5-4-6-12-22;;/h4-12,26H,13-19H2,1-3H3;2*1H. The first kappa shape index (κ1) is 25.7. The van der Waals surface area contributed by atoms with Crippen LogP contribution in [0.15, 0.2) is 54.6 Å². The second kappa shape index (κ2) is 10.4. The molecule has 1 aliphatic heterocycles. The van der Waals surface area contributed by atoms with Crippen LogP contribution >= 0.6 is 24.8 Å². The number of nitrogens with one attached hydrogen (secondary N) is 1. The van der Waals surface area contributed by atoms with Crippen LogP contribution in [0.3, 0.4) is 0 Å². The lowest BCUT2D eigenvalue weighted by Crippen LogP contribution is -2.56. The highest BCUT2D eigenvalue weighted by molar-refractivity contribution is 5.86. The number of hydrogen-bond donors (Lipinski definition) is 1. The number of halogens is 2. The Morgan fingerprint density at radius 2 is 1.45 bits per heavy atom. The molecule has 1 amide bonds. The molecule has 4 nitrogen and oxygen atoms in total. The summed E-state index contributed by atoms with van der Waals surface area (Å²) in [6.45, 7) is 2.36. The first-order valence-electron chi connectivity index (χ1n) is 10.7. The lowest BCUT2D eigenvalue weighted by Gasteiger charge is -2.48. The van der Waals surface area contributed by atoms with Crippen LogP contribution in [0.1, 0.15) is 29.5 Å². The summed E-state index contributed by atoms with van der Waals surface area (Å²) in [6, 6.07) is 19.3. The van der Waals surface area contributed by atoms with Crippen molar-refractivity contribution in [2.24, 2.45) is 5.41 Å². The number of amides is 1. The Morgan fingerprint density at radius 3 is 1.94 bits per heavy atom. The summed E-state index contributed by atoms with van der Waals surface area (Å²) in [5.74, 6) is 0.323. The van der Waals surface area contributed by atoms with Crippen molar-refractivity contribution in [1.82, 2.24) is 15.1 Å². The van der Waals surface area contributed by atoms with E-state index < -0.39 is 0 Å². The molecule has 0 saturated carbocycles. The van der Waals surface area contributed by atoms with E-state index in [1.165, 1.54) is 16.7 Å². The molecule has 0 radical (unpaired) electrons. The molecule has 0 spiro atoms. The van der Waals surface area contributed by atoms with E-state index in [1.807, 2.05) is 7.05 Å². The number of piperidine rings is 1. The second-order valence-corrected chi connectivity index (χ2v) is 9.02. The van der Waals surface area contributed by atoms with Crippen molar-refractivity contribution >= 4 is 30.7 Å². The molecule has 31 heavy (non-hydrogen) atoms. The molecule has 1 aliphatic carbocycles. The zero-order valence-electron chi connectivity index (χ0n) is 18.8. The third-order valence-corrected chi connectivity index (χ3v) is 7.19. The molecule has 0 atom stereocenters. The fourth-order valence-electron chi connectivity index (χ4n) is 5.54. The Balaban J connectivity index is 0.00000171. The van der Waals surface area contributed by atoms with Gasteiger partial charge in [0.25, 0.3) is 0 Å². The van der Waals surface area contributed by atoms with E-state index in [1.54, 1.807) is 0 Å². The van der Waals surface area contributed by atoms with Crippen molar-refractivity contribution in [2.75, 3.05) is 40.8 Å². The Hall–Kier alpha value is -1.59. The molecule has 1 heterocycles. The van der Waals surface area contributed by atoms with Crippen LogP contribution in [-0.2, 0) is 23.2 Å². The predicted octanol–water partition coefficient (Wildman–Crippen LogP) is 3.91. The number of fused-ring (bicyclic) bond motifs is 1. The van der Waals surface area contributed by atoms with Gasteiger partial charge in [-0.05, 0) is 63.5 Å². The summed E-state index contributed by atoms with van der Waals surface area (Å²) in [5.41, 5.74) is 3.69. The highest BCUT2D eigenvalue weighted by Gasteiger charge is 2.47. The molecule has 2 aliphatic rings. The van der Waals surface area contributed by atoms with Crippen LogP contribution in [0.4, 0.5) is 0 Å². The van der Waals surface area contributed by atoms with Crippen molar-refractivity contribution in [3.8, 4) is 0 Å². The number of hydrogen-bond acceptors (Lipinski definition) is 3. The summed E-state index contributed by atoms with van der Waals surface area (Å²) >= 11 is 0. The normalized spacial score (nSPS) is 18.6. The van der Waals surface area contributed by atoms with Gasteiger partial charge in [-0.15, -0.1) is 24.8 Å². The van der Waals surface area contributed by atoms with Crippen molar-refractivity contribution < 1.29 is 4.79 Å². The van der Waals surface area contributed by atoms with E-state index in [0.717, 1.165) is 45.3 Å². The summed E-state index contributed by atoms with van der Waals surface area (Å²) in [7, 11) is 6.29. The molecule has 1 saturated heterocycles. The molecule has 0 aromatic heterocycles. The van der Waals surface area contributed by atoms with E-state index in [-0.39, 0.29) is 35.8 Å². The van der Waals surface area contributed by atoms with Crippen molar-refractivity contribution in [2.45, 2.75) is 31.2 Å². The van der Waals surface area contributed by atoms with Crippen LogP contribution in [0.2, 0.25) is 0 Å². The monoisotopic (exact) mass is 463 g/mol. The minimum Gasteiger partial charge on any atom is -0.342 e. The van der Waals surface area contributed by atoms with Gasteiger partial charge in [-0.3, -0.25) is 9.69 Å².